The molecule has 1 aromatic rings. The van der Waals surface area contributed by atoms with E-state index in [0.29, 0.717) is 5.71 Å². The van der Waals surface area contributed by atoms with Crippen molar-refractivity contribution in [2.24, 2.45) is 10.3 Å². The second-order valence-electron chi connectivity index (χ2n) is 4.85. The topological polar surface area (TPSA) is 65.0 Å². The van der Waals surface area contributed by atoms with Crippen molar-refractivity contribution in [3.63, 3.8) is 0 Å². The lowest BCUT2D eigenvalue weighted by atomic mass is 9.93. The summed E-state index contributed by atoms with van der Waals surface area (Å²) in [6.45, 7) is 5.99. The first-order chi connectivity index (χ1) is 10.6. The Kier molecular flexibility index (Phi) is 5.60. The molecule has 1 aliphatic rings. The molecule has 2 rings (SSSR count). The smallest absolute Gasteiger partial charge is 0.322 e. The fourth-order valence-corrected chi connectivity index (χ4v) is 3.16. The second-order valence-corrected chi connectivity index (χ2v) is 5.75. The van der Waals surface area contributed by atoms with E-state index in [1.807, 2.05) is 31.2 Å². The van der Waals surface area contributed by atoms with Crippen LogP contribution >= 0.6 is 11.9 Å². The van der Waals surface area contributed by atoms with Gasteiger partial charge >= 0.3 is 11.9 Å². The molecule has 0 saturated heterocycles. The molecule has 0 saturated carbocycles. The van der Waals surface area contributed by atoms with Crippen LogP contribution in [0.3, 0.4) is 0 Å². The first-order valence-corrected chi connectivity index (χ1v) is 8.06. The molecular weight excluding hydrogens is 302 g/mol. The van der Waals surface area contributed by atoms with Gasteiger partial charge in [0.05, 0.1) is 18.9 Å². The molecule has 0 fully saturated rings. The summed E-state index contributed by atoms with van der Waals surface area (Å²) in [6, 6.07) is 7.69. The summed E-state index contributed by atoms with van der Waals surface area (Å²) >= 11 is 1.07. The van der Waals surface area contributed by atoms with Gasteiger partial charge in [0.2, 0.25) is 0 Å². The monoisotopic (exact) mass is 321 g/mol. The Labute approximate surface area is 134 Å². The number of nitrogens with zero attached hydrogens (tertiary/aromatic N) is 1. The Balaban J connectivity index is 2.30. The lowest BCUT2D eigenvalue weighted by Crippen LogP contribution is -2.37. The van der Waals surface area contributed by atoms with Gasteiger partial charge in [0.15, 0.2) is 0 Å². The van der Waals surface area contributed by atoms with Crippen LogP contribution in [0, 0.1) is 12.8 Å². The van der Waals surface area contributed by atoms with E-state index < -0.39 is 23.1 Å². The molecule has 1 aliphatic heterocycles. The van der Waals surface area contributed by atoms with E-state index >= 15 is 0 Å². The number of hydrogen-bond acceptors (Lipinski definition) is 6. The lowest BCUT2D eigenvalue weighted by Gasteiger charge is -2.17. The molecule has 0 N–H and O–H groups in total. The molecule has 0 amide bonds. The third kappa shape index (κ3) is 3.50. The van der Waals surface area contributed by atoms with Crippen molar-refractivity contribution in [2.75, 3.05) is 13.2 Å². The highest BCUT2D eigenvalue weighted by atomic mass is 32.2. The Bertz CT molecular complexity index is 582. The summed E-state index contributed by atoms with van der Waals surface area (Å²) in [4.78, 5) is 24.4. The average Bonchev–Trinajstić information content (AvgIpc) is 2.93. The quantitative estimate of drug-likeness (QED) is 0.616. The molecule has 5 nitrogen and oxygen atoms in total. The van der Waals surface area contributed by atoms with Gasteiger partial charge in [-0.15, -0.1) is 0 Å². The average molecular weight is 321 g/mol. The van der Waals surface area contributed by atoms with Crippen LogP contribution < -0.4 is 0 Å². The second kappa shape index (κ2) is 7.45. The summed E-state index contributed by atoms with van der Waals surface area (Å²) < 4.78 is 14.5. The summed E-state index contributed by atoms with van der Waals surface area (Å²) in [5.74, 6) is -1.60. The summed E-state index contributed by atoms with van der Waals surface area (Å²) in [6.07, 6.45) is 0. The Morgan fingerprint density at radius 1 is 1.09 bits per heavy atom. The third-order valence-corrected chi connectivity index (χ3v) is 4.26. The van der Waals surface area contributed by atoms with E-state index in [0.717, 1.165) is 23.1 Å². The molecule has 1 heterocycles. The molecule has 22 heavy (non-hydrogen) atoms. The molecule has 0 radical (unpaired) electrons. The van der Waals surface area contributed by atoms with Crippen molar-refractivity contribution in [1.82, 2.24) is 0 Å². The van der Waals surface area contributed by atoms with Crippen LogP contribution in [0.4, 0.5) is 0 Å². The summed E-state index contributed by atoms with van der Waals surface area (Å²) in [5.41, 5.74) is 2.51. The standard InChI is InChI=1S/C16H19NO4S/c1-4-20-15(18)12-13(11-8-6-10(3)7-9-11)17-22-14(12)16(19)21-5-2/h6-9,12,14H,4-5H2,1-3H3/t12-,14-/m1/s1. The molecule has 118 valence electrons. The van der Waals surface area contributed by atoms with Gasteiger partial charge in [-0.25, -0.2) is 4.40 Å². The minimum atomic E-state index is -0.730. The number of benzene rings is 1. The van der Waals surface area contributed by atoms with Crippen LogP contribution in [-0.2, 0) is 19.1 Å². The normalized spacial score (nSPS) is 20.4. The molecule has 0 spiro atoms. The maximum atomic E-state index is 12.3. The van der Waals surface area contributed by atoms with Crippen molar-refractivity contribution in [2.45, 2.75) is 26.0 Å². The zero-order chi connectivity index (χ0) is 16.1. The van der Waals surface area contributed by atoms with E-state index in [9.17, 15) is 9.59 Å². The van der Waals surface area contributed by atoms with Gasteiger partial charge in [0.1, 0.15) is 11.2 Å². The fraction of sp³-hybridized carbons (Fsp3) is 0.438. The van der Waals surface area contributed by atoms with Gasteiger partial charge in [-0.1, -0.05) is 29.8 Å². The van der Waals surface area contributed by atoms with Crippen LogP contribution in [0.1, 0.15) is 25.0 Å². The number of esters is 2. The maximum absolute atomic E-state index is 12.3. The first kappa shape index (κ1) is 16.5. The van der Waals surface area contributed by atoms with Gasteiger partial charge in [-0.2, -0.15) is 0 Å². The summed E-state index contributed by atoms with van der Waals surface area (Å²) in [5, 5.41) is -0.685. The lowest BCUT2D eigenvalue weighted by molar-refractivity contribution is -0.151. The number of hydrogen-bond donors (Lipinski definition) is 0. The van der Waals surface area contributed by atoms with Gasteiger partial charge in [-0.3, -0.25) is 9.59 Å². The van der Waals surface area contributed by atoms with Crippen molar-refractivity contribution < 1.29 is 19.1 Å². The zero-order valence-electron chi connectivity index (χ0n) is 12.9. The third-order valence-electron chi connectivity index (χ3n) is 3.27. The van der Waals surface area contributed by atoms with E-state index in [4.69, 9.17) is 9.47 Å². The van der Waals surface area contributed by atoms with Gasteiger partial charge in [0, 0.05) is 0 Å². The molecule has 0 bridgehead atoms. The van der Waals surface area contributed by atoms with Crippen molar-refractivity contribution >= 4 is 29.6 Å². The largest absolute Gasteiger partial charge is 0.465 e. The van der Waals surface area contributed by atoms with Crippen LogP contribution in [-0.4, -0.2) is 36.1 Å². The molecule has 0 aromatic heterocycles. The SMILES string of the molecule is CCOC(=O)[C@@H]1C(c2ccc(C)cc2)=NS[C@H]1C(=O)OCC. The molecular formula is C16H19NO4S. The van der Waals surface area contributed by atoms with Gasteiger partial charge in [0.25, 0.3) is 0 Å². The molecule has 2 atom stereocenters. The van der Waals surface area contributed by atoms with Gasteiger partial charge in [-0.05, 0) is 38.3 Å². The van der Waals surface area contributed by atoms with E-state index in [-0.39, 0.29) is 13.2 Å². The van der Waals surface area contributed by atoms with E-state index in [1.165, 1.54) is 0 Å². The van der Waals surface area contributed by atoms with Crippen LogP contribution in [0.2, 0.25) is 0 Å². The predicted molar refractivity (Wildman–Crippen MR) is 85.9 cm³/mol. The summed E-state index contributed by atoms with van der Waals surface area (Å²) in [7, 11) is 0. The van der Waals surface area contributed by atoms with Crippen LogP contribution in [0.5, 0.6) is 0 Å². The Morgan fingerprint density at radius 3 is 2.27 bits per heavy atom. The minimum Gasteiger partial charge on any atom is -0.465 e. The van der Waals surface area contributed by atoms with E-state index in [1.54, 1.807) is 13.8 Å². The Morgan fingerprint density at radius 2 is 1.68 bits per heavy atom. The molecule has 1 aromatic carbocycles. The van der Waals surface area contributed by atoms with Crippen LogP contribution in [0.15, 0.2) is 28.7 Å². The number of aryl methyl sites for hydroxylation is 1. The predicted octanol–water partition coefficient (Wildman–Crippen LogP) is 2.56. The zero-order valence-corrected chi connectivity index (χ0v) is 13.7. The van der Waals surface area contributed by atoms with Gasteiger partial charge < -0.3 is 9.47 Å². The number of carbonyl (C=O) groups excluding carboxylic acids is 2. The highest BCUT2D eigenvalue weighted by molar-refractivity contribution is 8.00. The highest BCUT2D eigenvalue weighted by Crippen LogP contribution is 2.35. The van der Waals surface area contributed by atoms with Crippen LogP contribution in [0.25, 0.3) is 0 Å². The van der Waals surface area contributed by atoms with E-state index in [2.05, 4.69) is 4.40 Å². The highest BCUT2D eigenvalue weighted by Gasteiger charge is 2.45. The number of ether oxygens (including phenoxy) is 2. The van der Waals surface area contributed by atoms with Crippen molar-refractivity contribution in [3.05, 3.63) is 35.4 Å². The molecule has 0 aliphatic carbocycles. The molecule has 6 heteroatoms. The first-order valence-electron chi connectivity index (χ1n) is 7.22. The number of carbonyl (C=O) groups is 2. The van der Waals surface area contributed by atoms with Crippen molar-refractivity contribution in [3.8, 4) is 0 Å². The van der Waals surface area contributed by atoms with Crippen molar-refractivity contribution in [1.29, 1.82) is 0 Å². The minimum absolute atomic E-state index is 0.261. The number of rotatable bonds is 5. The molecule has 0 unspecified atom stereocenters. The maximum Gasteiger partial charge on any atom is 0.322 e. The fourth-order valence-electron chi connectivity index (χ4n) is 2.20. The Hall–Kier alpha value is -1.82.